The SMILES string of the molecule is CC1CC2(C1)CC(CO)C2. The van der Waals surface area contributed by atoms with E-state index in [2.05, 4.69) is 6.92 Å². The summed E-state index contributed by atoms with van der Waals surface area (Å²) >= 11 is 0. The van der Waals surface area contributed by atoms with Gasteiger partial charge in [-0.3, -0.25) is 0 Å². The van der Waals surface area contributed by atoms with E-state index in [1.54, 1.807) is 0 Å². The molecule has 2 rings (SSSR count). The van der Waals surface area contributed by atoms with E-state index in [0.717, 1.165) is 11.3 Å². The maximum Gasteiger partial charge on any atom is 0.0459 e. The molecule has 0 heterocycles. The molecule has 2 fully saturated rings. The molecule has 1 heteroatoms. The summed E-state index contributed by atoms with van der Waals surface area (Å²) in [5.41, 5.74) is 0.729. The molecule has 0 aromatic rings. The van der Waals surface area contributed by atoms with E-state index >= 15 is 0 Å². The maximum absolute atomic E-state index is 8.80. The van der Waals surface area contributed by atoms with E-state index in [4.69, 9.17) is 5.11 Å². The van der Waals surface area contributed by atoms with Crippen molar-refractivity contribution < 1.29 is 5.11 Å². The average molecular weight is 140 g/mol. The molecular weight excluding hydrogens is 124 g/mol. The Morgan fingerprint density at radius 1 is 1.30 bits per heavy atom. The summed E-state index contributed by atoms with van der Waals surface area (Å²) in [5, 5.41) is 8.80. The van der Waals surface area contributed by atoms with Crippen LogP contribution in [0.2, 0.25) is 0 Å². The Morgan fingerprint density at radius 3 is 2.30 bits per heavy atom. The molecule has 58 valence electrons. The highest BCUT2D eigenvalue weighted by molar-refractivity contribution is 5.01. The van der Waals surface area contributed by atoms with E-state index in [1.807, 2.05) is 0 Å². The molecule has 0 aromatic carbocycles. The predicted molar refractivity (Wildman–Crippen MR) is 40.6 cm³/mol. The summed E-state index contributed by atoms with van der Waals surface area (Å²) in [6, 6.07) is 0. The smallest absolute Gasteiger partial charge is 0.0459 e. The molecule has 0 radical (unpaired) electrons. The number of hydrogen-bond donors (Lipinski definition) is 1. The third-order valence-corrected chi connectivity index (χ3v) is 3.26. The van der Waals surface area contributed by atoms with Crippen molar-refractivity contribution in [3.8, 4) is 0 Å². The molecular formula is C9H16O. The third-order valence-electron chi connectivity index (χ3n) is 3.26. The Balaban J connectivity index is 1.80. The third kappa shape index (κ3) is 0.800. The van der Waals surface area contributed by atoms with Crippen molar-refractivity contribution in [2.45, 2.75) is 32.6 Å². The molecule has 0 aromatic heterocycles. The molecule has 0 saturated heterocycles. The first-order valence-electron chi connectivity index (χ1n) is 4.35. The summed E-state index contributed by atoms with van der Waals surface area (Å²) in [6.07, 6.45) is 5.49. The van der Waals surface area contributed by atoms with Crippen LogP contribution < -0.4 is 0 Å². The summed E-state index contributed by atoms with van der Waals surface area (Å²) in [6.45, 7) is 2.76. The van der Waals surface area contributed by atoms with Gasteiger partial charge in [-0.1, -0.05) is 6.92 Å². The topological polar surface area (TPSA) is 20.2 Å². The lowest BCUT2D eigenvalue weighted by atomic mass is 9.49. The van der Waals surface area contributed by atoms with Crippen molar-refractivity contribution in [1.82, 2.24) is 0 Å². The maximum atomic E-state index is 8.80. The van der Waals surface area contributed by atoms with E-state index in [-0.39, 0.29) is 0 Å². The first-order chi connectivity index (χ1) is 4.74. The molecule has 2 aliphatic rings. The second kappa shape index (κ2) is 1.97. The van der Waals surface area contributed by atoms with E-state index in [0.29, 0.717) is 12.5 Å². The zero-order valence-electron chi connectivity index (χ0n) is 6.64. The molecule has 0 unspecified atom stereocenters. The lowest BCUT2D eigenvalue weighted by Gasteiger charge is -2.57. The quantitative estimate of drug-likeness (QED) is 0.589. The van der Waals surface area contributed by atoms with Crippen molar-refractivity contribution in [1.29, 1.82) is 0 Å². The monoisotopic (exact) mass is 140 g/mol. The Hall–Kier alpha value is -0.0400. The molecule has 0 bridgehead atoms. The summed E-state index contributed by atoms with van der Waals surface area (Å²) in [5.74, 6) is 1.63. The molecule has 0 amide bonds. The molecule has 2 aliphatic carbocycles. The lowest BCUT2D eigenvalue weighted by Crippen LogP contribution is -2.47. The van der Waals surface area contributed by atoms with Crippen LogP contribution in [0.4, 0.5) is 0 Å². The van der Waals surface area contributed by atoms with Gasteiger partial charge in [-0.25, -0.2) is 0 Å². The van der Waals surface area contributed by atoms with Gasteiger partial charge >= 0.3 is 0 Å². The second-order valence-electron chi connectivity index (χ2n) is 4.47. The van der Waals surface area contributed by atoms with Crippen LogP contribution >= 0.6 is 0 Å². The highest BCUT2D eigenvalue weighted by atomic mass is 16.3. The van der Waals surface area contributed by atoms with Crippen LogP contribution in [0, 0.1) is 17.3 Å². The van der Waals surface area contributed by atoms with Gasteiger partial charge in [-0.15, -0.1) is 0 Å². The van der Waals surface area contributed by atoms with Crippen LogP contribution in [0.1, 0.15) is 32.6 Å². The van der Waals surface area contributed by atoms with Gasteiger partial charge in [-0.2, -0.15) is 0 Å². The van der Waals surface area contributed by atoms with Crippen LogP contribution in [-0.2, 0) is 0 Å². The van der Waals surface area contributed by atoms with Gasteiger partial charge in [0.05, 0.1) is 0 Å². The van der Waals surface area contributed by atoms with Gasteiger partial charge in [0.15, 0.2) is 0 Å². The Bertz CT molecular complexity index is 128. The van der Waals surface area contributed by atoms with Crippen molar-refractivity contribution >= 4 is 0 Å². The number of aliphatic hydroxyl groups excluding tert-OH is 1. The zero-order chi connectivity index (χ0) is 7.19. The van der Waals surface area contributed by atoms with E-state index in [1.165, 1.54) is 25.7 Å². The number of hydrogen-bond acceptors (Lipinski definition) is 1. The predicted octanol–water partition coefficient (Wildman–Crippen LogP) is 1.80. The molecule has 2 saturated carbocycles. The minimum atomic E-state index is 0.427. The fourth-order valence-corrected chi connectivity index (χ4v) is 3.05. The fourth-order valence-electron chi connectivity index (χ4n) is 3.05. The van der Waals surface area contributed by atoms with Crippen molar-refractivity contribution in [3.05, 3.63) is 0 Å². The van der Waals surface area contributed by atoms with Gasteiger partial charge in [0.2, 0.25) is 0 Å². The number of rotatable bonds is 1. The van der Waals surface area contributed by atoms with Gasteiger partial charge in [-0.05, 0) is 42.9 Å². The molecule has 0 aliphatic heterocycles. The standard InChI is InChI=1S/C9H16O/c1-7-2-9(3-7)4-8(5-9)6-10/h7-8,10H,2-6H2,1H3. The van der Waals surface area contributed by atoms with Gasteiger partial charge in [0, 0.05) is 6.61 Å². The normalized spacial score (nSPS) is 52.2. The molecule has 1 nitrogen and oxygen atoms in total. The molecule has 0 atom stereocenters. The summed E-state index contributed by atoms with van der Waals surface area (Å²) in [7, 11) is 0. The fraction of sp³-hybridized carbons (Fsp3) is 1.00. The zero-order valence-corrected chi connectivity index (χ0v) is 6.64. The minimum Gasteiger partial charge on any atom is -0.396 e. The van der Waals surface area contributed by atoms with E-state index < -0.39 is 0 Å². The lowest BCUT2D eigenvalue weighted by molar-refractivity contribution is -0.0775. The average Bonchev–Trinajstić information content (AvgIpc) is 1.74. The largest absolute Gasteiger partial charge is 0.396 e. The highest BCUT2D eigenvalue weighted by Gasteiger charge is 2.50. The van der Waals surface area contributed by atoms with Crippen molar-refractivity contribution in [3.63, 3.8) is 0 Å². The first kappa shape index (κ1) is 6.66. The highest BCUT2D eigenvalue weighted by Crippen LogP contribution is 2.60. The van der Waals surface area contributed by atoms with Crippen LogP contribution in [0.15, 0.2) is 0 Å². The summed E-state index contributed by atoms with van der Waals surface area (Å²) < 4.78 is 0. The minimum absolute atomic E-state index is 0.427. The Kier molecular flexibility index (Phi) is 1.31. The van der Waals surface area contributed by atoms with Crippen LogP contribution in [0.3, 0.4) is 0 Å². The van der Waals surface area contributed by atoms with Gasteiger partial charge in [0.25, 0.3) is 0 Å². The Morgan fingerprint density at radius 2 is 1.90 bits per heavy atom. The summed E-state index contributed by atoms with van der Waals surface area (Å²) in [4.78, 5) is 0. The van der Waals surface area contributed by atoms with Gasteiger partial charge < -0.3 is 5.11 Å². The first-order valence-corrected chi connectivity index (χ1v) is 4.35. The van der Waals surface area contributed by atoms with Crippen molar-refractivity contribution in [2.24, 2.45) is 17.3 Å². The van der Waals surface area contributed by atoms with Gasteiger partial charge in [0.1, 0.15) is 0 Å². The second-order valence-corrected chi connectivity index (χ2v) is 4.47. The molecule has 10 heavy (non-hydrogen) atoms. The van der Waals surface area contributed by atoms with E-state index in [9.17, 15) is 0 Å². The van der Waals surface area contributed by atoms with Crippen LogP contribution in [0.25, 0.3) is 0 Å². The van der Waals surface area contributed by atoms with Crippen LogP contribution in [0.5, 0.6) is 0 Å². The van der Waals surface area contributed by atoms with Crippen LogP contribution in [-0.4, -0.2) is 11.7 Å². The Labute approximate surface area is 62.4 Å². The van der Waals surface area contributed by atoms with Crippen molar-refractivity contribution in [2.75, 3.05) is 6.61 Å². The molecule has 1 spiro atoms. The molecule has 1 N–H and O–H groups in total. The number of aliphatic hydroxyl groups is 1.